The topological polar surface area (TPSA) is 39.1 Å². The highest BCUT2D eigenvalue weighted by Crippen LogP contribution is 2.15. The quantitative estimate of drug-likeness (QED) is 0.605. The summed E-state index contributed by atoms with van der Waals surface area (Å²) in [7, 11) is 2.49. The van der Waals surface area contributed by atoms with E-state index in [1.165, 1.54) is 0 Å². The molecule has 2 atom stereocenters. The van der Waals surface area contributed by atoms with Crippen molar-refractivity contribution in [3.63, 3.8) is 0 Å². The minimum atomic E-state index is 0.354. The molecule has 1 aliphatic heterocycles. The summed E-state index contributed by atoms with van der Waals surface area (Å²) in [5.41, 5.74) is 0. The van der Waals surface area contributed by atoms with Gasteiger partial charge in [-0.05, 0) is 0 Å². The Hall–Kier alpha value is -0.600. The minimum absolute atomic E-state index is 0.354. The Balaban J connectivity index is 2.18. The van der Waals surface area contributed by atoms with Gasteiger partial charge in [-0.3, -0.25) is 5.09 Å². The largest absolute Gasteiger partial charge is 0.476 e. The molecule has 60 valence electrons. The Kier molecular flexibility index (Phi) is 1.80. The second-order valence-corrected chi connectivity index (χ2v) is 2.86. The van der Waals surface area contributed by atoms with Crippen molar-refractivity contribution in [3.05, 3.63) is 12.3 Å². The van der Waals surface area contributed by atoms with Crippen molar-refractivity contribution in [1.82, 2.24) is 14.9 Å². The summed E-state index contributed by atoms with van der Waals surface area (Å²) >= 11 is 0. The van der Waals surface area contributed by atoms with Crippen molar-refractivity contribution < 1.29 is 4.74 Å². The van der Waals surface area contributed by atoms with Crippen molar-refractivity contribution in [3.8, 4) is 5.88 Å². The Morgan fingerprint density at radius 3 is 3.55 bits per heavy atom. The minimum Gasteiger partial charge on any atom is -0.476 e. The molecule has 0 fully saturated rings. The maximum atomic E-state index is 5.39. The van der Waals surface area contributed by atoms with Crippen molar-refractivity contribution >= 4 is 9.39 Å². The van der Waals surface area contributed by atoms with Gasteiger partial charge >= 0.3 is 0 Å². The highest BCUT2D eigenvalue weighted by molar-refractivity contribution is 7.13. The normalized spacial score (nSPS) is 22.5. The van der Waals surface area contributed by atoms with Gasteiger partial charge in [-0.1, -0.05) is 9.39 Å². The summed E-state index contributed by atoms with van der Waals surface area (Å²) in [6.07, 6.45) is 1.75. The standard InChI is InChI=1S/C6H10N3OP/c11-8-5-3-9-6(10-4-5)1-2-7-9/h1-2,5,8H,3-4,11H2. The zero-order valence-electron chi connectivity index (χ0n) is 6.03. The molecular formula is C6H10N3OP. The summed E-state index contributed by atoms with van der Waals surface area (Å²) in [6.45, 7) is 1.60. The Labute approximate surface area is 67.2 Å². The van der Waals surface area contributed by atoms with Crippen LogP contribution in [0.15, 0.2) is 12.3 Å². The molecule has 2 rings (SSSR count). The van der Waals surface area contributed by atoms with E-state index in [9.17, 15) is 0 Å². The number of fused-ring (bicyclic) bond motifs is 1. The third-order valence-corrected chi connectivity index (χ3v) is 2.21. The summed E-state index contributed by atoms with van der Waals surface area (Å²) < 4.78 is 7.24. The molecule has 4 nitrogen and oxygen atoms in total. The molecule has 5 heteroatoms. The van der Waals surface area contributed by atoms with Crippen LogP contribution in [0.25, 0.3) is 0 Å². The molecule has 0 amide bonds. The smallest absolute Gasteiger partial charge is 0.211 e. The van der Waals surface area contributed by atoms with Crippen molar-refractivity contribution in [2.75, 3.05) is 6.61 Å². The lowest BCUT2D eigenvalue weighted by molar-refractivity contribution is 0.199. The van der Waals surface area contributed by atoms with E-state index in [2.05, 4.69) is 19.6 Å². The van der Waals surface area contributed by atoms with Gasteiger partial charge in [-0.2, -0.15) is 5.10 Å². The number of rotatable bonds is 1. The molecule has 1 aromatic rings. The first-order valence-electron chi connectivity index (χ1n) is 3.51. The fourth-order valence-corrected chi connectivity index (χ4v) is 1.33. The van der Waals surface area contributed by atoms with Gasteiger partial charge in [0.2, 0.25) is 5.88 Å². The molecule has 0 aliphatic carbocycles. The van der Waals surface area contributed by atoms with E-state index < -0.39 is 0 Å². The van der Waals surface area contributed by atoms with Gasteiger partial charge in [-0.25, -0.2) is 4.68 Å². The lowest BCUT2D eigenvalue weighted by Gasteiger charge is -2.22. The number of nitrogens with one attached hydrogen (secondary N) is 1. The predicted octanol–water partition coefficient (Wildman–Crippen LogP) is 0.0238. The summed E-state index contributed by atoms with van der Waals surface area (Å²) in [4.78, 5) is 0. The summed E-state index contributed by atoms with van der Waals surface area (Å²) in [5.74, 6) is 0.863. The van der Waals surface area contributed by atoms with E-state index in [4.69, 9.17) is 4.74 Å². The van der Waals surface area contributed by atoms with Crippen LogP contribution in [0, 0.1) is 0 Å². The first kappa shape index (κ1) is 7.07. The summed E-state index contributed by atoms with van der Waals surface area (Å²) in [6, 6.07) is 2.23. The molecular weight excluding hydrogens is 161 g/mol. The van der Waals surface area contributed by atoms with Gasteiger partial charge in [-0.15, -0.1) is 0 Å². The van der Waals surface area contributed by atoms with Crippen LogP contribution in [-0.2, 0) is 6.54 Å². The molecule has 0 saturated carbocycles. The third-order valence-electron chi connectivity index (χ3n) is 1.74. The Morgan fingerprint density at radius 1 is 1.82 bits per heavy atom. The molecule has 0 spiro atoms. The van der Waals surface area contributed by atoms with E-state index in [1.54, 1.807) is 6.20 Å². The molecule has 0 radical (unpaired) electrons. The van der Waals surface area contributed by atoms with Crippen LogP contribution in [0.4, 0.5) is 0 Å². The fraction of sp³-hybridized carbons (Fsp3) is 0.500. The van der Waals surface area contributed by atoms with E-state index in [-0.39, 0.29) is 0 Å². The zero-order chi connectivity index (χ0) is 7.68. The lowest BCUT2D eigenvalue weighted by Crippen LogP contribution is -2.37. The van der Waals surface area contributed by atoms with Gasteiger partial charge < -0.3 is 4.74 Å². The number of aromatic nitrogens is 2. The van der Waals surface area contributed by atoms with Crippen LogP contribution < -0.4 is 9.82 Å². The van der Waals surface area contributed by atoms with Gasteiger partial charge in [0, 0.05) is 6.07 Å². The molecule has 0 bridgehead atoms. The molecule has 0 saturated heterocycles. The number of hydrogen-bond acceptors (Lipinski definition) is 3. The molecule has 11 heavy (non-hydrogen) atoms. The van der Waals surface area contributed by atoms with Crippen LogP contribution in [0.5, 0.6) is 5.88 Å². The SMILES string of the molecule is PNC1COc2ccnn2C1. The van der Waals surface area contributed by atoms with Crippen LogP contribution in [0.1, 0.15) is 0 Å². The second-order valence-electron chi connectivity index (χ2n) is 2.53. The third kappa shape index (κ3) is 1.24. The molecule has 2 unspecified atom stereocenters. The van der Waals surface area contributed by atoms with E-state index in [1.807, 2.05) is 10.7 Å². The van der Waals surface area contributed by atoms with E-state index in [0.29, 0.717) is 6.04 Å². The van der Waals surface area contributed by atoms with Crippen molar-refractivity contribution in [2.24, 2.45) is 0 Å². The van der Waals surface area contributed by atoms with Crippen LogP contribution in [0.3, 0.4) is 0 Å². The van der Waals surface area contributed by atoms with Crippen molar-refractivity contribution in [2.45, 2.75) is 12.6 Å². The van der Waals surface area contributed by atoms with Gasteiger partial charge in [0.1, 0.15) is 6.61 Å². The first-order chi connectivity index (χ1) is 5.40. The maximum absolute atomic E-state index is 5.39. The first-order valence-corrected chi connectivity index (χ1v) is 4.08. The Bertz CT molecular complexity index is 250. The fourth-order valence-electron chi connectivity index (χ4n) is 1.13. The average molecular weight is 171 g/mol. The average Bonchev–Trinajstić information content (AvgIpc) is 2.50. The molecule has 1 aliphatic rings. The molecule has 1 aromatic heterocycles. The zero-order valence-corrected chi connectivity index (χ0v) is 7.18. The van der Waals surface area contributed by atoms with Crippen molar-refractivity contribution in [1.29, 1.82) is 0 Å². The van der Waals surface area contributed by atoms with Crippen LogP contribution in [-0.4, -0.2) is 22.4 Å². The van der Waals surface area contributed by atoms with Gasteiger partial charge in [0.05, 0.1) is 18.8 Å². The predicted molar refractivity (Wildman–Crippen MR) is 44.4 cm³/mol. The molecule has 0 aromatic carbocycles. The number of ether oxygens (including phenoxy) is 1. The highest BCUT2D eigenvalue weighted by Gasteiger charge is 2.17. The second kappa shape index (κ2) is 2.80. The van der Waals surface area contributed by atoms with Gasteiger partial charge in [0.25, 0.3) is 0 Å². The number of hydrogen-bond donors (Lipinski definition) is 1. The van der Waals surface area contributed by atoms with E-state index >= 15 is 0 Å². The molecule has 2 heterocycles. The van der Waals surface area contributed by atoms with E-state index in [0.717, 1.165) is 19.0 Å². The van der Waals surface area contributed by atoms with Crippen LogP contribution in [0.2, 0.25) is 0 Å². The monoisotopic (exact) mass is 171 g/mol. The van der Waals surface area contributed by atoms with Crippen LogP contribution >= 0.6 is 9.39 Å². The lowest BCUT2D eigenvalue weighted by atomic mass is 10.3. The Morgan fingerprint density at radius 2 is 2.73 bits per heavy atom. The molecule has 1 N–H and O–H groups in total. The maximum Gasteiger partial charge on any atom is 0.211 e. The number of nitrogens with zero attached hydrogens (tertiary/aromatic N) is 2. The summed E-state index contributed by atoms with van der Waals surface area (Å²) in [5, 5.41) is 7.16. The van der Waals surface area contributed by atoms with Gasteiger partial charge in [0.15, 0.2) is 0 Å². The highest BCUT2D eigenvalue weighted by atomic mass is 31.0.